The second kappa shape index (κ2) is 6.46. The van der Waals surface area contributed by atoms with Crippen LogP contribution < -0.4 is 11.1 Å². The Hall–Kier alpha value is -1.26. The van der Waals surface area contributed by atoms with Crippen LogP contribution in [0.25, 0.3) is 0 Å². The smallest absolute Gasteiger partial charge is 0.244 e. The van der Waals surface area contributed by atoms with Crippen LogP contribution in [0, 0.1) is 13.8 Å². The molecule has 0 unspecified atom stereocenters. The van der Waals surface area contributed by atoms with Gasteiger partial charge >= 0.3 is 0 Å². The summed E-state index contributed by atoms with van der Waals surface area (Å²) in [6, 6.07) is 3.61. The molecule has 0 saturated heterocycles. The first-order valence-corrected chi connectivity index (χ1v) is 6.83. The third-order valence-corrected chi connectivity index (χ3v) is 4.08. The second-order valence-electron chi connectivity index (χ2n) is 5.57. The van der Waals surface area contributed by atoms with Crippen molar-refractivity contribution in [2.75, 3.05) is 5.32 Å². The summed E-state index contributed by atoms with van der Waals surface area (Å²) in [7, 11) is 0. The number of aryl methyl sites for hydroxylation is 1. The Morgan fingerprint density at radius 3 is 2.45 bits per heavy atom. The molecule has 0 heterocycles. The number of phenols is 1. The third kappa shape index (κ3) is 3.25. The molecule has 0 aromatic heterocycles. The Kier molecular flexibility index (Phi) is 5.42. The Balaban J connectivity index is 0.00000200. The average Bonchev–Trinajstić information content (AvgIpc) is 2.40. The van der Waals surface area contributed by atoms with Gasteiger partial charge in [0.1, 0.15) is 5.75 Å². The van der Waals surface area contributed by atoms with Crippen LogP contribution in [0.4, 0.5) is 5.69 Å². The van der Waals surface area contributed by atoms with Crippen LogP contribution in [0.5, 0.6) is 5.75 Å². The lowest BCUT2D eigenvalue weighted by Crippen LogP contribution is -2.52. The first-order valence-electron chi connectivity index (χ1n) is 6.83. The largest absolute Gasteiger partial charge is 0.507 e. The number of nitrogens with one attached hydrogen (secondary N) is 1. The van der Waals surface area contributed by atoms with E-state index < -0.39 is 5.54 Å². The molecule has 4 nitrogen and oxygen atoms in total. The predicted octanol–water partition coefficient (Wildman–Crippen LogP) is 3.03. The van der Waals surface area contributed by atoms with Gasteiger partial charge in [-0.3, -0.25) is 4.79 Å². The average molecular weight is 299 g/mol. The van der Waals surface area contributed by atoms with Gasteiger partial charge in [-0.05, 0) is 38.3 Å². The summed E-state index contributed by atoms with van der Waals surface area (Å²) >= 11 is 0. The Bertz CT molecular complexity index is 497. The van der Waals surface area contributed by atoms with E-state index in [1.54, 1.807) is 13.0 Å². The molecule has 0 atom stereocenters. The fourth-order valence-electron chi connectivity index (χ4n) is 2.63. The zero-order chi connectivity index (χ0) is 14.0. The van der Waals surface area contributed by atoms with Gasteiger partial charge in [-0.1, -0.05) is 25.3 Å². The third-order valence-electron chi connectivity index (χ3n) is 4.08. The van der Waals surface area contributed by atoms with E-state index in [2.05, 4.69) is 5.32 Å². The number of hydrogen-bond donors (Lipinski definition) is 3. The lowest BCUT2D eigenvalue weighted by Gasteiger charge is -2.32. The molecule has 1 aliphatic carbocycles. The standard InChI is InChI=1S/C15H22N2O2.ClH/c1-10-6-7-12(11(2)13(10)18)17-14(19)15(16)8-4-3-5-9-15;/h6-7,18H,3-5,8-9,16H2,1-2H3,(H,17,19);1H. The zero-order valence-electron chi connectivity index (χ0n) is 12.0. The van der Waals surface area contributed by atoms with E-state index >= 15 is 0 Å². The molecule has 5 heteroatoms. The number of benzene rings is 1. The number of carbonyl (C=O) groups excluding carboxylic acids is 1. The minimum atomic E-state index is -0.759. The zero-order valence-corrected chi connectivity index (χ0v) is 12.8. The van der Waals surface area contributed by atoms with Crippen LogP contribution in [0.2, 0.25) is 0 Å². The number of rotatable bonds is 2. The molecular formula is C15H23ClN2O2. The molecule has 1 aromatic rings. The minimum Gasteiger partial charge on any atom is -0.507 e. The van der Waals surface area contributed by atoms with Gasteiger partial charge in [-0.25, -0.2) is 0 Å². The fraction of sp³-hybridized carbons (Fsp3) is 0.533. The molecule has 2 rings (SSSR count). The number of phenolic OH excluding ortho intramolecular Hbond substituents is 1. The van der Waals surface area contributed by atoms with E-state index in [-0.39, 0.29) is 24.1 Å². The van der Waals surface area contributed by atoms with Crippen LogP contribution in [0.3, 0.4) is 0 Å². The number of amides is 1. The highest BCUT2D eigenvalue weighted by Gasteiger charge is 2.35. The van der Waals surface area contributed by atoms with Crippen molar-refractivity contribution in [3.63, 3.8) is 0 Å². The van der Waals surface area contributed by atoms with Crippen molar-refractivity contribution in [2.45, 2.75) is 51.5 Å². The van der Waals surface area contributed by atoms with Gasteiger partial charge in [-0.2, -0.15) is 0 Å². The maximum atomic E-state index is 12.3. The van der Waals surface area contributed by atoms with Crippen LogP contribution in [-0.4, -0.2) is 16.6 Å². The highest BCUT2D eigenvalue weighted by atomic mass is 35.5. The van der Waals surface area contributed by atoms with E-state index in [1.165, 1.54) is 0 Å². The summed E-state index contributed by atoms with van der Waals surface area (Å²) in [6.45, 7) is 3.63. The summed E-state index contributed by atoms with van der Waals surface area (Å²) in [6.07, 6.45) is 4.62. The number of hydrogen-bond acceptors (Lipinski definition) is 3. The van der Waals surface area contributed by atoms with Crippen molar-refractivity contribution in [3.05, 3.63) is 23.3 Å². The first kappa shape index (κ1) is 16.8. The normalized spacial score (nSPS) is 17.1. The van der Waals surface area contributed by atoms with E-state index in [1.807, 2.05) is 13.0 Å². The van der Waals surface area contributed by atoms with Gasteiger partial charge < -0.3 is 16.2 Å². The topological polar surface area (TPSA) is 75.4 Å². The summed E-state index contributed by atoms with van der Waals surface area (Å²) in [5.74, 6) is 0.0890. The Labute approximate surface area is 126 Å². The molecule has 0 radical (unpaired) electrons. The molecule has 1 fully saturated rings. The number of nitrogens with two attached hydrogens (primary N) is 1. The summed E-state index contributed by atoms with van der Waals surface area (Å²) < 4.78 is 0. The molecule has 1 aliphatic rings. The molecular weight excluding hydrogens is 276 g/mol. The SMILES string of the molecule is Cc1ccc(NC(=O)C2(N)CCCCC2)c(C)c1O.Cl. The lowest BCUT2D eigenvalue weighted by molar-refractivity contribution is -0.122. The molecule has 0 aliphatic heterocycles. The van der Waals surface area contributed by atoms with E-state index in [0.29, 0.717) is 11.3 Å². The van der Waals surface area contributed by atoms with Gasteiger partial charge in [0.15, 0.2) is 0 Å². The van der Waals surface area contributed by atoms with Crippen molar-refractivity contribution in [1.82, 2.24) is 0 Å². The lowest BCUT2D eigenvalue weighted by atomic mass is 9.82. The van der Waals surface area contributed by atoms with Crippen molar-refractivity contribution in [2.24, 2.45) is 5.73 Å². The van der Waals surface area contributed by atoms with Crippen LogP contribution in [0.1, 0.15) is 43.2 Å². The number of carbonyl (C=O) groups is 1. The monoisotopic (exact) mass is 298 g/mol. The highest BCUT2D eigenvalue weighted by molar-refractivity contribution is 5.98. The Morgan fingerprint density at radius 1 is 1.25 bits per heavy atom. The van der Waals surface area contributed by atoms with E-state index in [4.69, 9.17) is 5.73 Å². The number of halogens is 1. The van der Waals surface area contributed by atoms with Gasteiger partial charge in [0.25, 0.3) is 0 Å². The van der Waals surface area contributed by atoms with Crippen LogP contribution in [-0.2, 0) is 4.79 Å². The molecule has 0 bridgehead atoms. The van der Waals surface area contributed by atoms with Gasteiger partial charge in [-0.15, -0.1) is 12.4 Å². The van der Waals surface area contributed by atoms with E-state index in [0.717, 1.165) is 37.7 Å². The molecule has 112 valence electrons. The quantitative estimate of drug-likeness (QED) is 0.785. The summed E-state index contributed by atoms with van der Waals surface area (Å²) in [4.78, 5) is 12.3. The van der Waals surface area contributed by atoms with Crippen molar-refractivity contribution < 1.29 is 9.90 Å². The number of aromatic hydroxyl groups is 1. The van der Waals surface area contributed by atoms with Crippen LogP contribution in [0.15, 0.2) is 12.1 Å². The predicted molar refractivity (Wildman–Crippen MR) is 83.5 cm³/mol. The van der Waals surface area contributed by atoms with Crippen LogP contribution >= 0.6 is 12.4 Å². The molecule has 0 spiro atoms. The maximum absolute atomic E-state index is 12.3. The fourth-order valence-corrected chi connectivity index (χ4v) is 2.63. The second-order valence-corrected chi connectivity index (χ2v) is 5.57. The molecule has 1 aromatic carbocycles. The molecule has 20 heavy (non-hydrogen) atoms. The molecule has 4 N–H and O–H groups in total. The first-order chi connectivity index (χ1) is 8.94. The van der Waals surface area contributed by atoms with Gasteiger partial charge in [0.05, 0.1) is 5.54 Å². The van der Waals surface area contributed by atoms with Gasteiger partial charge in [0, 0.05) is 11.3 Å². The van der Waals surface area contributed by atoms with Crippen molar-refractivity contribution >= 4 is 24.0 Å². The summed E-state index contributed by atoms with van der Waals surface area (Å²) in [5.41, 5.74) is 7.57. The maximum Gasteiger partial charge on any atom is 0.244 e. The summed E-state index contributed by atoms with van der Waals surface area (Å²) in [5, 5.41) is 12.8. The molecule has 1 amide bonds. The molecule has 1 saturated carbocycles. The Morgan fingerprint density at radius 2 is 1.85 bits per heavy atom. The minimum absolute atomic E-state index is 0. The van der Waals surface area contributed by atoms with Crippen molar-refractivity contribution in [1.29, 1.82) is 0 Å². The van der Waals surface area contributed by atoms with Crippen molar-refractivity contribution in [3.8, 4) is 5.75 Å². The number of anilines is 1. The highest BCUT2D eigenvalue weighted by Crippen LogP contribution is 2.31. The van der Waals surface area contributed by atoms with Gasteiger partial charge in [0.2, 0.25) is 5.91 Å². The van der Waals surface area contributed by atoms with E-state index in [9.17, 15) is 9.90 Å².